The first-order chi connectivity index (χ1) is 8.86. The minimum atomic E-state index is -3.46. The van der Waals surface area contributed by atoms with E-state index in [4.69, 9.17) is 14.6 Å². The topological polar surface area (TPSA) is 72.8 Å². The minimum Gasteiger partial charge on any atom is -0.394 e. The number of ether oxygens (including phenoxy) is 2. The predicted octanol–water partition coefficient (Wildman–Crippen LogP) is 0.431. The van der Waals surface area contributed by atoms with Crippen molar-refractivity contribution in [2.75, 3.05) is 25.2 Å². The van der Waals surface area contributed by atoms with Crippen LogP contribution in [0.4, 0.5) is 4.39 Å². The molecule has 1 saturated heterocycles. The highest BCUT2D eigenvalue weighted by Crippen LogP contribution is 2.36. The van der Waals surface area contributed by atoms with Crippen LogP contribution in [0.15, 0.2) is 24.3 Å². The maximum Gasteiger partial charge on any atom is 0.212 e. The molecule has 19 heavy (non-hydrogen) atoms. The molecule has 2 atom stereocenters. The number of aliphatic hydroxyl groups is 1. The number of hydrogen-bond donors (Lipinski definition) is 1. The van der Waals surface area contributed by atoms with E-state index in [2.05, 4.69) is 0 Å². The number of sulfone groups is 1. The lowest BCUT2D eigenvalue weighted by Crippen LogP contribution is -2.37. The smallest absolute Gasteiger partial charge is 0.212 e. The van der Waals surface area contributed by atoms with Gasteiger partial charge in [-0.15, -0.1) is 0 Å². The monoisotopic (exact) mass is 290 g/mol. The molecule has 106 valence electrons. The molecule has 1 heterocycles. The Bertz CT molecular complexity index is 559. The van der Waals surface area contributed by atoms with E-state index in [-0.39, 0.29) is 18.8 Å². The van der Waals surface area contributed by atoms with Crippen LogP contribution in [0, 0.1) is 5.82 Å². The molecule has 1 N–H and O–H groups in total. The average Bonchev–Trinajstić information content (AvgIpc) is 2.71. The van der Waals surface area contributed by atoms with Crippen molar-refractivity contribution < 1.29 is 27.4 Å². The summed E-state index contributed by atoms with van der Waals surface area (Å²) in [5.74, 6) is -2.80. The molecule has 7 heteroatoms. The quantitative estimate of drug-likeness (QED) is 0.870. The Morgan fingerprint density at radius 2 is 2.16 bits per heavy atom. The van der Waals surface area contributed by atoms with Crippen LogP contribution < -0.4 is 0 Å². The van der Waals surface area contributed by atoms with Gasteiger partial charge in [0.05, 0.1) is 13.2 Å². The molecule has 0 spiro atoms. The first-order valence-corrected chi connectivity index (χ1v) is 7.78. The van der Waals surface area contributed by atoms with Crippen molar-refractivity contribution in [2.45, 2.75) is 11.9 Å². The Morgan fingerprint density at radius 3 is 2.68 bits per heavy atom. The van der Waals surface area contributed by atoms with E-state index in [9.17, 15) is 12.8 Å². The summed E-state index contributed by atoms with van der Waals surface area (Å²) in [6, 6.07) is 5.69. The summed E-state index contributed by atoms with van der Waals surface area (Å²) in [5, 5.41) is 9.06. The van der Waals surface area contributed by atoms with Crippen LogP contribution in [-0.4, -0.2) is 44.9 Å². The number of halogens is 1. The van der Waals surface area contributed by atoms with Crippen molar-refractivity contribution in [3.8, 4) is 0 Å². The molecular formula is C12H15FO5S. The second kappa shape index (κ2) is 5.16. The van der Waals surface area contributed by atoms with E-state index in [0.717, 1.165) is 6.26 Å². The largest absolute Gasteiger partial charge is 0.394 e. The molecule has 5 nitrogen and oxygen atoms in total. The Morgan fingerprint density at radius 1 is 1.47 bits per heavy atom. The van der Waals surface area contributed by atoms with Gasteiger partial charge in [-0.2, -0.15) is 0 Å². The number of benzene rings is 1. The molecular weight excluding hydrogens is 275 g/mol. The van der Waals surface area contributed by atoms with E-state index in [1.807, 2.05) is 0 Å². The third kappa shape index (κ3) is 3.11. The Kier molecular flexibility index (Phi) is 3.91. The van der Waals surface area contributed by atoms with Gasteiger partial charge in [-0.25, -0.2) is 12.8 Å². The van der Waals surface area contributed by atoms with Gasteiger partial charge in [0.25, 0.3) is 0 Å². The van der Waals surface area contributed by atoms with Crippen LogP contribution in [0.2, 0.25) is 0 Å². The summed E-state index contributed by atoms with van der Waals surface area (Å²) in [5.41, 5.74) is 0.0244. The fourth-order valence-electron chi connectivity index (χ4n) is 2.06. The molecule has 0 bridgehead atoms. The molecule has 0 unspecified atom stereocenters. The van der Waals surface area contributed by atoms with E-state index in [0.29, 0.717) is 0 Å². The van der Waals surface area contributed by atoms with Crippen molar-refractivity contribution in [3.63, 3.8) is 0 Å². The van der Waals surface area contributed by atoms with Gasteiger partial charge in [-0.05, 0) is 6.07 Å². The van der Waals surface area contributed by atoms with Gasteiger partial charge >= 0.3 is 0 Å². The van der Waals surface area contributed by atoms with Gasteiger partial charge in [0.2, 0.25) is 5.79 Å². The standard InChI is InChI=1S/C12H15FO5S/c1-19(15,16)8-12(17-7-9(6-14)18-12)10-4-2-3-5-11(10)13/h2-5,9,14H,6-8H2,1H3/t9-,12+/m0/s1. The van der Waals surface area contributed by atoms with Crippen LogP contribution in [-0.2, 0) is 25.1 Å². The summed E-state index contributed by atoms with van der Waals surface area (Å²) in [6.07, 6.45) is 0.357. The molecule has 1 aromatic rings. The average molecular weight is 290 g/mol. The molecule has 0 aromatic heterocycles. The summed E-state index contributed by atoms with van der Waals surface area (Å²) in [7, 11) is -3.46. The van der Waals surface area contributed by atoms with Gasteiger partial charge < -0.3 is 14.6 Å². The van der Waals surface area contributed by atoms with Crippen LogP contribution >= 0.6 is 0 Å². The van der Waals surface area contributed by atoms with Gasteiger partial charge in [-0.1, -0.05) is 18.2 Å². The van der Waals surface area contributed by atoms with Crippen molar-refractivity contribution in [1.82, 2.24) is 0 Å². The third-order valence-corrected chi connectivity index (χ3v) is 3.70. The van der Waals surface area contributed by atoms with Crippen molar-refractivity contribution in [1.29, 1.82) is 0 Å². The number of hydrogen-bond acceptors (Lipinski definition) is 5. The predicted molar refractivity (Wildman–Crippen MR) is 65.7 cm³/mol. The lowest BCUT2D eigenvalue weighted by molar-refractivity contribution is -0.164. The first-order valence-electron chi connectivity index (χ1n) is 5.72. The van der Waals surface area contributed by atoms with Crippen molar-refractivity contribution >= 4 is 9.84 Å². The molecule has 1 fully saturated rings. The second-order valence-corrected chi connectivity index (χ2v) is 6.68. The zero-order valence-corrected chi connectivity index (χ0v) is 11.2. The fourth-order valence-corrected chi connectivity index (χ4v) is 3.06. The zero-order valence-electron chi connectivity index (χ0n) is 10.4. The van der Waals surface area contributed by atoms with Crippen molar-refractivity contribution in [3.05, 3.63) is 35.6 Å². The van der Waals surface area contributed by atoms with E-state index in [1.165, 1.54) is 18.2 Å². The van der Waals surface area contributed by atoms with Gasteiger partial charge in [0.15, 0.2) is 9.84 Å². The van der Waals surface area contributed by atoms with E-state index >= 15 is 0 Å². The first kappa shape index (κ1) is 14.4. The lowest BCUT2D eigenvalue weighted by atomic mass is 10.1. The summed E-state index contributed by atoms with van der Waals surface area (Å²) < 4.78 is 47.8. The maximum absolute atomic E-state index is 13.9. The summed E-state index contributed by atoms with van der Waals surface area (Å²) >= 11 is 0. The fraction of sp³-hybridized carbons (Fsp3) is 0.500. The van der Waals surface area contributed by atoms with Crippen LogP contribution in [0.1, 0.15) is 5.56 Å². The highest BCUT2D eigenvalue weighted by Gasteiger charge is 2.47. The molecule has 0 amide bonds. The van der Waals surface area contributed by atoms with Gasteiger partial charge in [0, 0.05) is 11.8 Å². The lowest BCUT2D eigenvalue weighted by Gasteiger charge is -2.27. The molecule has 2 rings (SSSR count). The summed E-state index contributed by atoms with van der Waals surface area (Å²) in [6.45, 7) is -0.305. The zero-order chi connectivity index (χ0) is 14.1. The molecule has 1 aliphatic heterocycles. The Hall–Kier alpha value is -1.02. The SMILES string of the molecule is CS(=O)(=O)C[C@@]1(c2ccccc2F)OC[C@H](CO)O1. The highest BCUT2D eigenvalue weighted by atomic mass is 32.2. The van der Waals surface area contributed by atoms with Crippen molar-refractivity contribution in [2.24, 2.45) is 0 Å². The van der Waals surface area contributed by atoms with Crippen LogP contribution in [0.3, 0.4) is 0 Å². The van der Waals surface area contributed by atoms with E-state index < -0.39 is 33.3 Å². The number of rotatable bonds is 4. The summed E-state index contributed by atoms with van der Waals surface area (Å²) in [4.78, 5) is 0. The van der Waals surface area contributed by atoms with Gasteiger partial charge in [-0.3, -0.25) is 0 Å². The Balaban J connectivity index is 2.44. The normalized spacial score (nSPS) is 27.6. The highest BCUT2D eigenvalue weighted by molar-refractivity contribution is 7.90. The molecule has 0 saturated carbocycles. The maximum atomic E-state index is 13.9. The third-order valence-electron chi connectivity index (χ3n) is 2.80. The van der Waals surface area contributed by atoms with Crippen LogP contribution in [0.5, 0.6) is 0 Å². The molecule has 0 aliphatic carbocycles. The Labute approximate surface area is 110 Å². The molecule has 0 radical (unpaired) electrons. The molecule has 1 aromatic carbocycles. The number of aliphatic hydroxyl groups excluding tert-OH is 1. The van der Waals surface area contributed by atoms with E-state index in [1.54, 1.807) is 6.07 Å². The minimum absolute atomic E-state index is 0.0142. The van der Waals surface area contributed by atoms with Crippen LogP contribution in [0.25, 0.3) is 0 Å². The second-order valence-electron chi connectivity index (χ2n) is 4.54. The molecule has 1 aliphatic rings. The van der Waals surface area contributed by atoms with Gasteiger partial charge in [0.1, 0.15) is 17.7 Å².